The number of benzene rings is 3. The highest BCUT2D eigenvalue weighted by Gasteiger charge is 2.35. The molecule has 176 valence electrons. The molecular formula is C27H24F3NO3. The fourth-order valence-corrected chi connectivity index (χ4v) is 4.34. The number of aryl methyl sites for hydroxylation is 1. The Labute approximate surface area is 195 Å². The van der Waals surface area contributed by atoms with E-state index in [2.05, 4.69) is 4.98 Å². The summed E-state index contributed by atoms with van der Waals surface area (Å²) in [6, 6.07) is 14.5. The molecule has 0 aliphatic heterocycles. The van der Waals surface area contributed by atoms with Crippen LogP contribution in [-0.4, -0.2) is 21.7 Å². The molecular weight excluding hydrogens is 443 g/mol. The number of aliphatic carboxylic acids is 1. The Balaban J connectivity index is 2.16. The highest BCUT2D eigenvalue weighted by atomic mass is 19.4. The first-order valence-corrected chi connectivity index (χ1v) is 10.8. The minimum atomic E-state index is -4.56. The second kappa shape index (κ2) is 8.40. The molecule has 3 aromatic carbocycles. The molecule has 0 spiro atoms. The van der Waals surface area contributed by atoms with Gasteiger partial charge < -0.3 is 9.84 Å². The number of carbonyl (C=O) groups is 1. The maximum atomic E-state index is 13.7. The Hall–Kier alpha value is -3.45. The molecule has 0 unspecified atom stereocenters. The van der Waals surface area contributed by atoms with Crippen LogP contribution in [0, 0.1) is 6.92 Å². The molecule has 1 atom stereocenters. The minimum absolute atomic E-state index is 0.0485. The highest BCUT2D eigenvalue weighted by molar-refractivity contribution is 6.07. The third-order valence-electron chi connectivity index (χ3n) is 5.60. The van der Waals surface area contributed by atoms with Gasteiger partial charge in [0.05, 0.1) is 16.7 Å². The molecule has 0 aliphatic rings. The van der Waals surface area contributed by atoms with Crippen molar-refractivity contribution in [2.24, 2.45) is 0 Å². The van der Waals surface area contributed by atoms with E-state index in [1.165, 1.54) is 24.4 Å². The fraction of sp³-hybridized carbons (Fsp3) is 0.259. The van der Waals surface area contributed by atoms with E-state index in [4.69, 9.17) is 4.74 Å². The van der Waals surface area contributed by atoms with Crippen LogP contribution in [0.15, 0.2) is 60.8 Å². The van der Waals surface area contributed by atoms with Crippen molar-refractivity contribution >= 4 is 27.6 Å². The normalized spacial score (nSPS) is 13.4. The predicted molar refractivity (Wildman–Crippen MR) is 126 cm³/mol. The molecule has 4 aromatic rings. The summed E-state index contributed by atoms with van der Waals surface area (Å²) in [6.45, 7) is 7.06. The summed E-state index contributed by atoms with van der Waals surface area (Å²) in [5.41, 5.74) is 0.556. The molecule has 0 radical (unpaired) electrons. The summed E-state index contributed by atoms with van der Waals surface area (Å²) in [7, 11) is 0. The Morgan fingerprint density at radius 1 is 1.00 bits per heavy atom. The summed E-state index contributed by atoms with van der Waals surface area (Å²) < 4.78 is 47.2. The first kappa shape index (κ1) is 23.7. The van der Waals surface area contributed by atoms with Crippen LogP contribution < -0.4 is 0 Å². The fourth-order valence-electron chi connectivity index (χ4n) is 4.34. The minimum Gasteiger partial charge on any atom is -0.479 e. The van der Waals surface area contributed by atoms with Crippen molar-refractivity contribution < 1.29 is 27.8 Å². The molecule has 0 saturated carbocycles. The second-order valence-corrected chi connectivity index (χ2v) is 9.21. The van der Waals surface area contributed by atoms with Gasteiger partial charge in [0.2, 0.25) is 0 Å². The molecule has 0 amide bonds. The van der Waals surface area contributed by atoms with Gasteiger partial charge in [-0.25, -0.2) is 4.79 Å². The van der Waals surface area contributed by atoms with Crippen LogP contribution in [0.1, 0.15) is 43.6 Å². The van der Waals surface area contributed by atoms with Crippen LogP contribution in [-0.2, 0) is 15.7 Å². The van der Waals surface area contributed by atoms with Crippen molar-refractivity contribution in [3.05, 3.63) is 77.5 Å². The Bertz CT molecular complexity index is 1400. The molecule has 7 heteroatoms. The van der Waals surface area contributed by atoms with E-state index in [9.17, 15) is 23.1 Å². The van der Waals surface area contributed by atoms with Gasteiger partial charge >= 0.3 is 12.1 Å². The number of carboxylic acid groups (broad SMARTS) is 1. The van der Waals surface area contributed by atoms with Crippen molar-refractivity contribution in [1.82, 2.24) is 4.98 Å². The molecule has 4 nitrogen and oxygen atoms in total. The molecule has 1 heterocycles. The number of hydrogen-bond acceptors (Lipinski definition) is 3. The number of nitrogens with zero attached hydrogens (tertiary/aromatic N) is 1. The molecule has 0 saturated heterocycles. The zero-order valence-electron chi connectivity index (χ0n) is 19.2. The van der Waals surface area contributed by atoms with E-state index in [-0.39, 0.29) is 10.9 Å². The zero-order chi connectivity index (χ0) is 24.8. The van der Waals surface area contributed by atoms with E-state index in [0.29, 0.717) is 27.6 Å². The van der Waals surface area contributed by atoms with Gasteiger partial charge in [0.15, 0.2) is 6.10 Å². The van der Waals surface area contributed by atoms with E-state index in [1.54, 1.807) is 27.7 Å². The first-order valence-electron chi connectivity index (χ1n) is 10.8. The lowest BCUT2D eigenvalue weighted by Crippen LogP contribution is -2.28. The smallest absolute Gasteiger partial charge is 0.417 e. The molecule has 0 fully saturated rings. The van der Waals surface area contributed by atoms with Gasteiger partial charge in [0, 0.05) is 22.7 Å². The number of fused-ring (bicyclic) bond motifs is 2. The van der Waals surface area contributed by atoms with Gasteiger partial charge in [-0.1, -0.05) is 42.5 Å². The maximum absolute atomic E-state index is 13.7. The van der Waals surface area contributed by atoms with E-state index >= 15 is 0 Å². The molecule has 4 rings (SSSR count). The van der Waals surface area contributed by atoms with E-state index in [0.717, 1.165) is 11.5 Å². The van der Waals surface area contributed by atoms with Crippen LogP contribution in [0.25, 0.3) is 32.8 Å². The lowest BCUT2D eigenvalue weighted by molar-refractivity contribution is -0.160. The molecule has 1 aromatic heterocycles. The van der Waals surface area contributed by atoms with Crippen LogP contribution >= 0.6 is 0 Å². The van der Waals surface area contributed by atoms with Crippen LogP contribution in [0.2, 0.25) is 0 Å². The maximum Gasteiger partial charge on any atom is 0.417 e. The van der Waals surface area contributed by atoms with Crippen molar-refractivity contribution in [2.75, 3.05) is 0 Å². The second-order valence-electron chi connectivity index (χ2n) is 9.21. The summed E-state index contributed by atoms with van der Waals surface area (Å²) in [6.07, 6.45) is -4.46. The number of aromatic nitrogens is 1. The standard InChI is InChI=1S/C27H24F3NO3/c1-15-14-16-8-5-6-9-17(16)22(21(15)24(25(32)33)34-26(2,3)4)19-11-12-20(27(28,29)30)18-10-7-13-31-23(18)19/h5-14,24H,1-4H3,(H,32,33)/t24-/m1/s1. The highest BCUT2D eigenvalue weighted by Crippen LogP contribution is 2.44. The number of alkyl halides is 3. The van der Waals surface area contributed by atoms with Crippen molar-refractivity contribution in [2.45, 2.75) is 45.6 Å². The molecule has 0 aliphatic carbocycles. The number of carboxylic acids is 1. The first-order chi connectivity index (χ1) is 15.9. The number of halogens is 3. The summed E-state index contributed by atoms with van der Waals surface area (Å²) >= 11 is 0. The molecule has 34 heavy (non-hydrogen) atoms. The van der Waals surface area contributed by atoms with Crippen LogP contribution in [0.4, 0.5) is 13.2 Å². The van der Waals surface area contributed by atoms with E-state index < -0.39 is 29.4 Å². The quantitative estimate of drug-likeness (QED) is 0.342. The number of rotatable bonds is 4. The Kier molecular flexibility index (Phi) is 5.85. The Morgan fingerprint density at radius 2 is 1.68 bits per heavy atom. The van der Waals surface area contributed by atoms with Crippen molar-refractivity contribution in [3.8, 4) is 11.1 Å². The average molecular weight is 467 g/mol. The average Bonchev–Trinajstić information content (AvgIpc) is 2.74. The summed E-state index contributed by atoms with van der Waals surface area (Å²) in [4.78, 5) is 16.7. The third kappa shape index (κ3) is 4.35. The van der Waals surface area contributed by atoms with Crippen molar-refractivity contribution in [1.29, 1.82) is 0 Å². The lowest BCUT2D eigenvalue weighted by Gasteiger charge is -2.29. The summed E-state index contributed by atoms with van der Waals surface area (Å²) in [5.74, 6) is -1.18. The van der Waals surface area contributed by atoms with Gasteiger partial charge in [-0.15, -0.1) is 0 Å². The summed E-state index contributed by atoms with van der Waals surface area (Å²) in [5, 5.41) is 11.6. The number of ether oxygens (including phenoxy) is 1. The monoisotopic (exact) mass is 467 g/mol. The zero-order valence-corrected chi connectivity index (χ0v) is 19.2. The number of pyridine rings is 1. The van der Waals surface area contributed by atoms with Gasteiger partial charge in [-0.3, -0.25) is 4.98 Å². The Morgan fingerprint density at radius 3 is 2.32 bits per heavy atom. The number of hydrogen-bond donors (Lipinski definition) is 1. The topological polar surface area (TPSA) is 59.4 Å². The van der Waals surface area contributed by atoms with Crippen molar-refractivity contribution in [3.63, 3.8) is 0 Å². The van der Waals surface area contributed by atoms with Gasteiger partial charge in [0.25, 0.3) is 0 Å². The molecule has 1 N–H and O–H groups in total. The van der Waals surface area contributed by atoms with Gasteiger partial charge in [-0.05, 0) is 61.7 Å². The van der Waals surface area contributed by atoms with Gasteiger partial charge in [-0.2, -0.15) is 13.2 Å². The third-order valence-corrected chi connectivity index (χ3v) is 5.60. The van der Waals surface area contributed by atoms with E-state index in [1.807, 2.05) is 30.3 Å². The predicted octanol–water partition coefficient (Wildman–Crippen LogP) is 7.32. The van der Waals surface area contributed by atoms with Crippen LogP contribution in [0.5, 0.6) is 0 Å². The SMILES string of the molecule is Cc1cc2ccccc2c(-c2ccc(C(F)(F)F)c3cccnc23)c1[C@@H](OC(C)(C)C)C(=O)O. The lowest BCUT2D eigenvalue weighted by atomic mass is 9.85. The molecule has 0 bridgehead atoms. The van der Waals surface area contributed by atoms with Gasteiger partial charge in [0.1, 0.15) is 0 Å². The largest absolute Gasteiger partial charge is 0.479 e. The van der Waals surface area contributed by atoms with Crippen LogP contribution in [0.3, 0.4) is 0 Å².